The van der Waals surface area contributed by atoms with Crippen molar-refractivity contribution >= 4 is 15.9 Å². The van der Waals surface area contributed by atoms with Crippen LogP contribution in [-0.2, 0) is 0 Å². The Morgan fingerprint density at radius 2 is 1.09 bits per heavy atom. The lowest BCUT2D eigenvalue weighted by Gasteiger charge is -2.14. The van der Waals surface area contributed by atoms with E-state index < -0.39 is 0 Å². The van der Waals surface area contributed by atoms with E-state index in [9.17, 15) is 0 Å². The number of hydrogen-bond donors (Lipinski definition) is 0. The van der Waals surface area contributed by atoms with Gasteiger partial charge in [-0.2, -0.15) is 0 Å². The highest BCUT2D eigenvalue weighted by Gasteiger charge is 2.10. The second kappa shape index (κ2) is 6.67. The number of ether oxygens (including phenoxy) is 2. The summed E-state index contributed by atoms with van der Waals surface area (Å²) in [5, 5.41) is 0. The van der Waals surface area contributed by atoms with Crippen LogP contribution < -0.4 is 9.47 Å². The van der Waals surface area contributed by atoms with Crippen molar-refractivity contribution in [2.45, 2.75) is 6.92 Å². The summed E-state index contributed by atoms with van der Waals surface area (Å²) in [6, 6.07) is 23.3. The van der Waals surface area contributed by atoms with Gasteiger partial charge in [0, 0.05) is 10.0 Å². The van der Waals surface area contributed by atoms with Gasteiger partial charge in [0.15, 0.2) is 0 Å². The molecular formula is C19H15BrO2. The quantitative estimate of drug-likeness (QED) is 0.543. The third kappa shape index (κ3) is 3.49. The van der Waals surface area contributed by atoms with Crippen molar-refractivity contribution in [2.24, 2.45) is 0 Å². The first-order valence-corrected chi connectivity index (χ1v) is 7.77. The van der Waals surface area contributed by atoms with E-state index >= 15 is 0 Å². The minimum absolute atomic E-state index is 0.770. The SMILES string of the molecule is Cc1c(Oc2ccccc2)cc(Br)cc1Oc1ccccc1. The van der Waals surface area contributed by atoms with E-state index in [4.69, 9.17) is 9.47 Å². The molecule has 0 amide bonds. The second-order valence-corrected chi connectivity index (χ2v) is 5.77. The number of halogens is 1. The van der Waals surface area contributed by atoms with Gasteiger partial charge in [-0.15, -0.1) is 0 Å². The minimum atomic E-state index is 0.770. The van der Waals surface area contributed by atoms with Crippen molar-refractivity contribution in [1.29, 1.82) is 0 Å². The number of para-hydroxylation sites is 2. The number of rotatable bonds is 4. The molecule has 0 aliphatic rings. The predicted molar refractivity (Wildman–Crippen MR) is 91.9 cm³/mol. The molecule has 0 unspecified atom stereocenters. The molecular weight excluding hydrogens is 340 g/mol. The first kappa shape index (κ1) is 14.7. The molecule has 3 aromatic carbocycles. The molecule has 0 bridgehead atoms. The Balaban J connectivity index is 1.92. The molecule has 0 N–H and O–H groups in total. The molecule has 3 heteroatoms. The Morgan fingerprint density at radius 1 is 0.682 bits per heavy atom. The lowest BCUT2D eigenvalue weighted by molar-refractivity contribution is 0.453. The zero-order chi connectivity index (χ0) is 15.4. The highest BCUT2D eigenvalue weighted by atomic mass is 79.9. The highest BCUT2D eigenvalue weighted by molar-refractivity contribution is 9.10. The van der Waals surface area contributed by atoms with Crippen molar-refractivity contribution in [2.75, 3.05) is 0 Å². The van der Waals surface area contributed by atoms with Crippen LogP contribution in [0, 0.1) is 6.92 Å². The van der Waals surface area contributed by atoms with Crippen molar-refractivity contribution in [3.05, 3.63) is 82.8 Å². The maximum absolute atomic E-state index is 5.96. The summed E-state index contributed by atoms with van der Waals surface area (Å²) in [5.41, 5.74) is 0.955. The summed E-state index contributed by atoms with van der Waals surface area (Å²) in [5.74, 6) is 3.14. The van der Waals surface area contributed by atoms with E-state index in [0.29, 0.717) is 0 Å². The van der Waals surface area contributed by atoms with E-state index in [1.165, 1.54) is 0 Å². The van der Waals surface area contributed by atoms with Crippen LogP contribution in [0.5, 0.6) is 23.0 Å². The summed E-state index contributed by atoms with van der Waals surface area (Å²) < 4.78 is 12.8. The largest absolute Gasteiger partial charge is 0.457 e. The van der Waals surface area contributed by atoms with Crippen LogP contribution >= 0.6 is 15.9 Å². The van der Waals surface area contributed by atoms with Crippen LogP contribution in [0.15, 0.2) is 77.3 Å². The third-order valence-corrected chi connectivity index (χ3v) is 3.68. The normalized spacial score (nSPS) is 10.3. The predicted octanol–water partition coefficient (Wildman–Crippen LogP) is 6.34. The topological polar surface area (TPSA) is 18.5 Å². The average molecular weight is 355 g/mol. The van der Waals surface area contributed by atoms with E-state index in [2.05, 4.69) is 15.9 Å². The summed E-state index contributed by atoms with van der Waals surface area (Å²) in [7, 11) is 0. The van der Waals surface area contributed by atoms with Crippen molar-refractivity contribution < 1.29 is 9.47 Å². The third-order valence-electron chi connectivity index (χ3n) is 3.22. The number of benzene rings is 3. The van der Waals surface area contributed by atoms with Crippen LogP contribution in [-0.4, -0.2) is 0 Å². The van der Waals surface area contributed by atoms with Gasteiger partial charge in [-0.25, -0.2) is 0 Å². The summed E-state index contributed by atoms with van der Waals surface area (Å²) >= 11 is 3.51. The van der Waals surface area contributed by atoms with Gasteiger partial charge in [0.2, 0.25) is 0 Å². The molecule has 3 rings (SSSR count). The van der Waals surface area contributed by atoms with Crippen molar-refractivity contribution in [3.8, 4) is 23.0 Å². The number of hydrogen-bond acceptors (Lipinski definition) is 2. The van der Waals surface area contributed by atoms with Gasteiger partial charge in [0.05, 0.1) is 0 Å². The Hall–Kier alpha value is -2.26. The molecule has 0 aliphatic heterocycles. The van der Waals surface area contributed by atoms with Gasteiger partial charge in [-0.05, 0) is 43.3 Å². The zero-order valence-corrected chi connectivity index (χ0v) is 13.7. The van der Waals surface area contributed by atoms with Crippen LogP contribution in [0.1, 0.15) is 5.56 Å². The molecule has 0 fully saturated rings. The Labute approximate surface area is 138 Å². The lowest BCUT2D eigenvalue weighted by Crippen LogP contribution is -1.92. The molecule has 0 saturated heterocycles. The van der Waals surface area contributed by atoms with Crippen LogP contribution in [0.4, 0.5) is 0 Å². The fourth-order valence-electron chi connectivity index (χ4n) is 2.07. The molecule has 0 heterocycles. The van der Waals surface area contributed by atoms with Crippen LogP contribution in [0.2, 0.25) is 0 Å². The molecule has 2 nitrogen and oxygen atoms in total. The van der Waals surface area contributed by atoms with E-state index in [0.717, 1.165) is 33.0 Å². The van der Waals surface area contributed by atoms with Crippen molar-refractivity contribution in [3.63, 3.8) is 0 Å². The maximum atomic E-state index is 5.96. The highest BCUT2D eigenvalue weighted by Crippen LogP contribution is 2.37. The summed E-state index contributed by atoms with van der Waals surface area (Å²) in [6.07, 6.45) is 0. The standard InChI is InChI=1S/C19H15BrO2/c1-14-18(21-16-8-4-2-5-9-16)12-15(20)13-19(14)22-17-10-6-3-7-11-17/h2-13H,1H3. The molecule has 0 aromatic heterocycles. The van der Waals surface area contributed by atoms with Gasteiger partial charge >= 0.3 is 0 Å². The molecule has 0 atom stereocenters. The molecule has 0 radical (unpaired) electrons. The Bertz CT molecular complexity index is 692. The van der Waals surface area contributed by atoms with Gasteiger partial charge in [-0.1, -0.05) is 52.3 Å². The minimum Gasteiger partial charge on any atom is -0.457 e. The van der Waals surface area contributed by atoms with E-state index in [1.54, 1.807) is 0 Å². The Kier molecular flexibility index (Phi) is 4.45. The molecule has 110 valence electrons. The fraction of sp³-hybridized carbons (Fsp3) is 0.0526. The average Bonchev–Trinajstić information content (AvgIpc) is 2.54. The smallest absolute Gasteiger partial charge is 0.135 e. The van der Waals surface area contributed by atoms with Crippen LogP contribution in [0.25, 0.3) is 0 Å². The first-order valence-electron chi connectivity index (χ1n) is 6.98. The zero-order valence-electron chi connectivity index (χ0n) is 12.1. The molecule has 0 aliphatic carbocycles. The second-order valence-electron chi connectivity index (χ2n) is 4.86. The molecule has 0 spiro atoms. The summed E-state index contributed by atoms with van der Waals surface area (Å²) in [4.78, 5) is 0. The van der Waals surface area contributed by atoms with Gasteiger partial charge < -0.3 is 9.47 Å². The Morgan fingerprint density at radius 3 is 1.50 bits per heavy atom. The van der Waals surface area contributed by atoms with Gasteiger partial charge in [-0.3, -0.25) is 0 Å². The summed E-state index contributed by atoms with van der Waals surface area (Å²) in [6.45, 7) is 1.99. The lowest BCUT2D eigenvalue weighted by atomic mass is 10.2. The van der Waals surface area contributed by atoms with Gasteiger partial charge in [0.1, 0.15) is 23.0 Å². The first-order chi connectivity index (χ1) is 10.7. The molecule has 3 aromatic rings. The molecule has 22 heavy (non-hydrogen) atoms. The van der Waals surface area contributed by atoms with Gasteiger partial charge in [0.25, 0.3) is 0 Å². The van der Waals surface area contributed by atoms with E-state index in [1.807, 2.05) is 79.7 Å². The van der Waals surface area contributed by atoms with Crippen molar-refractivity contribution in [1.82, 2.24) is 0 Å². The fourth-order valence-corrected chi connectivity index (χ4v) is 2.49. The van der Waals surface area contributed by atoms with Crippen LogP contribution in [0.3, 0.4) is 0 Å². The molecule has 0 saturated carbocycles. The van der Waals surface area contributed by atoms with E-state index in [-0.39, 0.29) is 0 Å². The maximum Gasteiger partial charge on any atom is 0.135 e. The monoisotopic (exact) mass is 354 g/mol.